The zero-order valence-electron chi connectivity index (χ0n) is 16.6. The molecule has 2 heterocycles. The first-order valence-electron chi connectivity index (χ1n) is 9.81. The van der Waals surface area contributed by atoms with E-state index in [1.54, 1.807) is 30.3 Å². The van der Waals surface area contributed by atoms with Crippen LogP contribution in [-0.4, -0.2) is 25.2 Å². The maximum Gasteiger partial charge on any atom is 0.355 e. The molecule has 8 heteroatoms. The molecular weight excluding hydrogens is 409 g/mol. The number of carbonyl (C=O) groups is 1. The molecule has 32 heavy (non-hydrogen) atoms. The van der Waals surface area contributed by atoms with Crippen LogP contribution >= 0.6 is 0 Å². The van der Waals surface area contributed by atoms with Gasteiger partial charge in [-0.1, -0.05) is 48.5 Å². The van der Waals surface area contributed by atoms with E-state index in [4.69, 9.17) is 0 Å². The van der Waals surface area contributed by atoms with Crippen LogP contribution in [0.2, 0.25) is 0 Å². The van der Waals surface area contributed by atoms with Crippen LogP contribution in [0.15, 0.2) is 95.9 Å². The van der Waals surface area contributed by atoms with Crippen molar-refractivity contribution in [2.75, 3.05) is 5.32 Å². The number of fused-ring (bicyclic) bond motifs is 1. The number of carbonyl (C=O) groups excluding carboxylic acids is 1. The minimum absolute atomic E-state index is 0.139. The van der Waals surface area contributed by atoms with Crippen molar-refractivity contribution in [2.45, 2.75) is 0 Å². The summed E-state index contributed by atoms with van der Waals surface area (Å²) in [5.74, 6) is -1.20. The molecule has 0 spiro atoms. The van der Waals surface area contributed by atoms with Crippen molar-refractivity contribution in [3.63, 3.8) is 0 Å². The first-order chi connectivity index (χ1) is 15.6. The van der Waals surface area contributed by atoms with Crippen LogP contribution in [0.3, 0.4) is 0 Å². The number of amides is 1. The fourth-order valence-electron chi connectivity index (χ4n) is 3.49. The molecule has 0 aliphatic rings. The molecule has 0 fully saturated rings. The third-order valence-electron chi connectivity index (χ3n) is 4.98. The van der Waals surface area contributed by atoms with Gasteiger partial charge in [-0.25, -0.2) is 18.4 Å². The highest BCUT2D eigenvalue weighted by Gasteiger charge is 2.21. The smallest absolute Gasteiger partial charge is 0.307 e. The Bertz CT molecular complexity index is 1490. The van der Waals surface area contributed by atoms with Gasteiger partial charge >= 0.3 is 5.69 Å². The van der Waals surface area contributed by atoms with Gasteiger partial charge in [-0.05, 0) is 36.4 Å². The van der Waals surface area contributed by atoms with Gasteiger partial charge in [-0.2, -0.15) is 10.1 Å². The first-order valence-corrected chi connectivity index (χ1v) is 9.81. The van der Waals surface area contributed by atoms with Crippen LogP contribution in [0.25, 0.3) is 22.4 Å². The Morgan fingerprint density at radius 2 is 1.47 bits per heavy atom. The van der Waals surface area contributed by atoms with E-state index in [0.29, 0.717) is 16.8 Å². The van der Waals surface area contributed by atoms with E-state index < -0.39 is 17.4 Å². The van der Waals surface area contributed by atoms with E-state index in [-0.39, 0.29) is 17.0 Å². The first kappa shape index (κ1) is 19.4. The van der Waals surface area contributed by atoms with Crippen LogP contribution in [-0.2, 0) is 0 Å². The van der Waals surface area contributed by atoms with Crippen LogP contribution < -0.4 is 11.0 Å². The van der Waals surface area contributed by atoms with Crippen molar-refractivity contribution in [1.82, 2.24) is 19.3 Å². The summed E-state index contributed by atoms with van der Waals surface area (Å²) in [6.07, 6.45) is 1.52. The maximum atomic E-state index is 14.2. The lowest BCUT2D eigenvalue weighted by Crippen LogP contribution is -2.27. The fraction of sp³-hybridized carbons (Fsp3) is 0. The zero-order valence-corrected chi connectivity index (χ0v) is 16.6. The van der Waals surface area contributed by atoms with Gasteiger partial charge in [-0.3, -0.25) is 4.79 Å². The van der Waals surface area contributed by atoms with Gasteiger partial charge in [0.1, 0.15) is 11.6 Å². The van der Waals surface area contributed by atoms with Gasteiger partial charge in [0.15, 0.2) is 5.65 Å². The molecule has 0 atom stereocenters. The van der Waals surface area contributed by atoms with E-state index in [2.05, 4.69) is 15.4 Å². The average molecular weight is 425 g/mol. The van der Waals surface area contributed by atoms with E-state index in [9.17, 15) is 14.0 Å². The SMILES string of the molecule is O=C(Nc1c2cnn(-c3ccccc3)c2nc(=O)n1-c1ccccc1)c1ccccc1F. The number of nitrogens with zero attached hydrogens (tertiary/aromatic N) is 4. The lowest BCUT2D eigenvalue weighted by atomic mass is 10.2. The summed E-state index contributed by atoms with van der Waals surface area (Å²) >= 11 is 0. The molecular formula is C24H16FN5O2. The summed E-state index contributed by atoms with van der Waals surface area (Å²) in [5.41, 5.74) is 0.740. The summed E-state index contributed by atoms with van der Waals surface area (Å²) in [6.45, 7) is 0. The molecule has 0 radical (unpaired) electrons. The molecule has 0 bridgehead atoms. The Kier molecular flexibility index (Phi) is 4.79. The van der Waals surface area contributed by atoms with Gasteiger partial charge in [0.05, 0.1) is 28.5 Å². The molecule has 0 aliphatic carbocycles. The quantitative estimate of drug-likeness (QED) is 0.473. The van der Waals surface area contributed by atoms with Gasteiger partial charge in [-0.15, -0.1) is 0 Å². The molecule has 0 aliphatic heterocycles. The normalized spacial score (nSPS) is 10.9. The summed E-state index contributed by atoms with van der Waals surface area (Å²) in [7, 11) is 0. The van der Waals surface area contributed by atoms with Gasteiger partial charge in [0.2, 0.25) is 0 Å². The van der Waals surface area contributed by atoms with Gasteiger partial charge in [0.25, 0.3) is 5.91 Å². The Morgan fingerprint density at radius 3 is 2.16 bits per heavy atom. The second-order valence-electron chi connectivity index (χ2n) is 6.98. The Labute approximate surface area is 181 Å². The number of halogens is 1. The van der Waals surface area contributed by atoms with Crippen molar-refractivity contribution in [2.24, 2.45) is 0 Å². The highest BCUT2D eigenvalue weighted by atomic mass is 19.1. The Morgan fingerprint density at radius 1 is 0.844 bits per heavy atom. The number of hydrogen-bond donors (Lipinski definition) is 1. The Balaban J connectivity index is 1.74. The molecule has 0 saturated heterocycles. The maximum absolute atomic E-state index is 14.2. The zero-order chi connectivity index (χ0) is 22.1. The molecule has 3 aromatic carbocycles. The minimum Gasteiger partial charge on any atom is -0.307 e. The van der Waals surface area contributed by atoms with E-state index in [1.807, 2.05) is 36.4 Å². The second kappa shape index (κ2) is 7.92. The van der Waals surface area contributed by atoms with Crippen LogP contribution in [0.4, 0.5) is 10.2 Å². The number of nitrogens with one attached hydrogen (secondary N) is 1. The van der Waals surface area contributed by atoms with Crippen molar-refractivity contribution >= 4 is 22.8 Å². The standard InChI is InChI=1S/C24H16FN5O2/c25-20-14-8-7-13-18(20)23(31)27-21-19-15-26-30(17-11-5-2-6-12-17)22(19)28-24(32)29(21)16-9-3-1-4-10-16/h1-15H,(H,27,31). The summed E-state index contributed by atoms with van der Waals surface area (Å²) < 4.78 is 17.0. The molecule has 5 rings (SSSR count). The van der Waals surface area contributed by atoms with Crippen LogP contribution in [0.1, 0.15) is 10.4 Å². The Hall–Kier alpha value is -4.59. The molecule has 5 aromatic rings. The number of aromatic nitrogens is 4. The number of anilines is 1. The third-order valence-corrected chi connectivity index (χ3v) is 4.98. The lowest BCUT2D eigenvalue weighted by molar-refractivity contribution is 0.102. The van der Waals surface area contributed by atoms with Gasteiger partial charge in [0, 0.05) is 0 Å². The third kappa shape index (κ3) is 3.33. The predicted molar refractivity (Wildman–Crippen MR) is 119 cm³/mol. The number of hydrogen-bond acceptors (Lipinski definition) is 4. The van der Waals surface area contributed by atoms with E-state index in [0.717, 1.165) is 0 Å². The van der Waals surface area contributed by atoms with Crippen LogP contribution in [0.5, 0.6) is 0 Å². The molecule has 1 amide bonds. The minimum atomic E-state index is -0.688. The molecule has 0 unspecified atom stereocenters. The summed E-state index contributed by atoms with van der Waals surface area (Å²) in [4.78, 5) is 30.3. The summed E-state index contributed by atoms with van der Waals surface area (Å²) in [5, 5.41) is 7.51. The number of rotatable bonds is 4. The van der Waals surface area contributed by atoms with Crippen molar-refractivity contribution in [3.05, 3.63) is 113 Å². The largest absolute Gasteiger partial charge is 0.355 e. The summed E-state index contributed by atoms with van der Waals surface area (Å²) in [6, 6.07) is 23.6. The lowest BCUT2D eigenvalue weighted by Gasteiger charge is -2.15. The van der Waals surface area contributed by atoms with Crippen molar-refractivity contribution in [1.29, 1.82) is 0 Å². The molecule has 1 N–H and O–H groups in total. The predicted octanol–water partition coefficient (Wildman–Crippen LogP) is 3.96. The topological polar surface area (TPSA) is 81.8 Å². The fourth-order valence-corrected chi connectivity index (χ4v) is 3.49. The highest BCUT2D eigenvalue weighted by molar-refractivity contribution is 6.07. The van der Waals surface area contributed by atoms with E-state index in [1.165, 1.54) is 33.6 Å². The number of benzene rings is 3. The van der Waals surface area contributed by atoms with Crippen LogP contribution in [0, 0.1) is 5.82 Å². The van der Waals surface area contributed by atoms with Gasteiger partial charge < -0.3 is 5.32 Å². The van der Waals surface area contributed by atoms with Crippen molar-refractivity contribution < 1.29 is 9.18 Å². The monoisotopic (exact) mass is 425 g/mol. The van der Waals surface area contributed by atoms with E-state index >= 15 is 0 Å². The highest BCUT2D eigenvalue weighted by Crippen LogP contribution is 2.25. The molecule has 2 aromatic heterocycles. The molecule has 0 saturated carbocycles. The van der Waals surface area contributed by atoms with Crippen molar-refractivity contribution in [3.8, 4) is 11.4 Å². The average Bonchev–Trinajstić information content (AvgIpc) is 3.24. The second-order valence-corrected chi connectivity index (χ2v) is 6.98. The molecule has 156 valence electrons. The number of para-hydroxylation sites is 2. The molecule has 7 nitrogen and oxygen atoms in total.